The van der Waals surface area contributed by atoms with Crippen LogP contribution < -0.4 is 11.1 Å². The maximum absolute atomic E-state index is 13.3. The van der Waals surface area contributed by atoms with Crippen LogP contribution in [0.1, 0.15) is 13.3 Å². The molecule has 0 bridgehead atoms. The van der Waals surface area contributed by atoms with Gasteiger partial charge < -0.3 is 11.1 Å². The second-order valence-corrected chi connectivity index (χ2v) is 3.74. The minimum absolute atomic E-state index is 0.0198. The van der Waals surface area contributed by atoms with E-state index >= 15 is 0 Å². The van der Waals surface area contributed by atoms with Gasteiger partial charge in [-0.05, 0) is 19.1 Å². The molecule has 0 spiro atoms. The molecular weight excluding hydrogens is 219 g/mol. The fourth-order valence-electron chi connectivity index (χ4n) is 1.09. The summed E-state index contributed by atoms with van der Waals surface area (Å²) in [5, 5.41) is 2.38. The molecule has 3 nitrogen and oxygen atoms in total. The number of carbonyl (C=O) groups excluding carboxylic acids is 1. The van der Waals surface area contributed by atoms with Gasteiger partial charge in [-0.3, -0.25) is 4.79 Å². The largest absolute Gasteiger partial charge is 0.327 e. The Labute approximate surface area is 92.4 Å². The molecule has 0 saturated carbocycles. The molecule has 0 aliphatic carbocycles. The summed E-state index contributed by atoms with van der Waals surface area (Å²) < 4.78 is 13.3. The number of nitrogens with two attached hydrogens (primary N) is 1. The molecule has 0 aliphatic rings. The lowest BCUT2D eigenvalue weighted by Gasteiger charge is -2.08. The summed E-state index contributed by atoms with van der Waals surface area (Å²) in [5.74, 6) is -0.955. The summed E-state index contributed by atoms with van der Waals surface area (Å²) in [4.78, 5) is 11.3. The Morgan fingerprint density at radius 2 is 2.33 bits per heavy atom. The molecule has 1 aromatic rings. The third-order valence-corrected chi connectivity index (χ3v) is 2.02. The number of anilines is 1. The van der Waals surface area contributed by atoms with E-state index in [9.17, 15) is 9.18 Å². The first kappa shape index (κ1) is 11.9. The van der Waals surface area contributed by atoms with Crippen molar-refractivity contribution in [2.45, 2.75) is 19.4 Å². The van der Waals surface area contributed by atoms with Gasteiger partial charge in [-0.15, -0.1) is 0 Å². The number of hydrogen-bond donors (Lipinski definition) is 2. The van der Waals surface area contributed by atoms with Crippen LogP contribution in [0.15, 0.2) is 18.2 Å². The summed E-state index contributed by atoms with van der Waals surface area (Å²) in [6.07, 6.45) is 0.145. The van der Waals surface area contributed by atoms with Gasteiger partial charge in [0, 0.05) is 12.5 Å². The third kappa shape index (κ3) is 3.49. The van der Waals surface area contributed by atoms with E-state index in [1.807, 2.05) is 0 Å². The van der Waals surface area contributed by atoms with Gasteiger partial charge in [0.25, 0.3) is 0 Å². The highest BCUT2D eigenvalue weighted by Gasteiger charge is 2.10. The SMILES string of the molecule is CC(N)CC(=O)Nc1cccc(Cl)c1F. The van der Waals surface area contributed by atoms with Gasteiger partial charge >= 0.3 is 0 Å². The van der Waals surface area contributed by atoms with E-state index < -0.39 is 5.82 Å². The van der Waals surface area contributed by atoms with E-state index in [0.29, 0.717) is 0 Å². The smallest absolute Gasteiger partial charge is 0.225 e. The molecule has 0 aliphatic heterocycles. The van der Waals surface area contributed by atoms with E-state index in [1.54, 1.807) is 13.0 Å². The number of hydrogen-bond acceptors (Lipinski definition) is 2. The zero-order valence-corrected chi connectivity index (χ0v) is 9.01. The van der Waals surface area contributed by atoms with Crippen molar-refractivity contribution < 1.29 is 9.18 Å². The molecule has 82 valence electrons. The number of carbonyl (C=O) groups is 1. The second kappa shape index (κ2) is 5.09. The highest BCUT2D eigenvalue weighted by atomic mass is 35.5. The molecule has 15 heavy (non-hydrogen) atoms. The fourth-order valence-corrected chi connectivity index (χ4v) is 1.27. The molecule has 1 aromatic carbocycles. The van der Waals surface area contributed by atoms with Crippen molar-refractivity contribution in [1.29, 1.82) is 0 Å². The average Bonchev–Trinajstić information content (AvgIpc) is 2.11. The van der Waals surface area contributed by atoms with Gasteiger partial charge in [0.1, 0.15) is 0 Å². The molecule has 1 unspecified atom stereocenters. The maximum Gasteiger partial charge on any atom is 0.225 e. The Kier molecular flexibility index (Phi) is 4.05. The highest BCUT2D eigenvalue weighted by molar-refractivity contribution is 6.31. The molecule has 0 aromatic heterocycles. The lowest BCUT2D eigenvalue weighted by Crippen LogP contribution is -2.24. The van der Waals surface area contributed by atoms with Crippen LogP contribution in [0, 0.1) is 5.82 Å². The van der Waals surface area contributed by atoms with Gasteiger partial charge in [-0.2, -0.15) is 0 Å². The standard InChI is InChI=1S/C10H12ClFN2O/c1-6(13)5-9(15)14-8-4-2-3-7(11)10(8)12/h2-4,6H,5,13H2,1H3,(H,14,15). The fraction of sp³-hybridized carbons (Fsp3) is 0.300. The van der Waals surface area contributed by atoms with Crippen molar-refractivity contribution in [3.8, 4) is 0 Å². The quantitative estimate of drug-likeness (QED) is 0.836. The van der Waals surface area contributed by atoms with Crippen LogP contribution in [0.3, 0.4) is 0 Å². The number of amides is 1. The van der Waals surface area contributed by atoms with Gasteiger partial charge in [0.05, 0.1) is 10.7 Å². The van der Waals surface area contributed by atoms with Crippen molar-refractivity contribution in [2.75, 3.05) is 5.32 Å². The summed E-state index contributed by atoms with van der Waals surface area (Å²) in [6.45, 7) is 1.70. The third-order valence-electron chi connectivity index (χ3n) is 1.73. The van der Waals surface area contributed by atoms with Crippen LogP contribution >= 0.6 is 11.6 Å². The minimum Gasteiger partial charge on any atom is -0.327 e. The van der Waals surface area contributed by atoms with Gasteiger partial charge in [0.15, 0.2) is 5.82 Å². The molecule has 0 heterocycles. The maximum atomic E-state index is 13.3. The molecule has 5 heteroatoms. The van der Waals surface area contributed by atoms with Crippen LogP contribution in [-0.2, 0) is 4.79 Å². The van der Waals surface area contributed by atoms with Crippen molar-refractivity contribution in [2.24, 2.45) is 5.73 Å². The number of benzene rings is 1. The van der Waals surface area contributed by atoms with Crippen molar-refractivity contribution in [3.63, 3.8) is 0 Å². The van der Waals surface area contributed by atoms with Crippen LogP contribution in [-0.4, -0.2) is 11.9 Å². The first-order valence-corrected chi connectivity index (χ1v) is 4.88. The monoisotopic (exact) mass is 230 g/mol. The first-order chi connectivity index (χ1) is 7.00. The van der Waals surface area contributed by atoms with Crippen molar-refractivity contribution >= 4 is 23.2 Å². The van der Waals surface area contributed by atoms with Crippen LogP contribution in [0.2, 0.25) is 5.02 Å². The van der Waals surface area contributed by atoms with E-state index in [-0.39, 0.29) is 29.1 Å². The second-order valence-electron chi connectivity index (χ2n) is 3.33. The molecule has 1 atom stereocenters. The van der Waals surface area contributed by atoms with E-state index in [0.717, 1.165) is 0 Å². The topological polar surface area (TPSA) is 55.1 Å². The lowest BCUT2D eigenvalue weighted by molar-refractivity contribution is -0.116. The van der Waals surface area contributed by atoms with Crippen molar-refractivity contribution in [3.05, 3.63) is 29.0 Å². The molecule has 0 radical (unpaired) electrons. The summed E-state index contributed by atoms with van der Waals surface area (Å²) in [5.41, 5.74) is 5.51. The number of rotatable bonds is 3. The summed E-state index contributed by atoms with van der Waals surface area (Å²) in [7, 11) is 0. The number of nitrogens with one attached hydrogen (secondary N) is 1. The predicted molar refractivity (Wildman–Crippen MR) is 58.3 cm³/mol. The predicted octanol–water partition coefficient (Wildman–Crippen LogP) is 2.15. The Morgan fingerprint density at radius 3 is 2.93 bits per heavy atom. The molecule has 0 saturated heterocycles. The van der Waals surface area contributed by atoms with Crippen LogP contribution in [0.25, 0.3) is 0 Å². The molecule has 1 amide bonds. The van der Waals surface area contributed by atoms with E-state index in [4.69, 9.17) is 17.3 Å². The van der Waals surface area contributed by atoms with Crippen LogP contribution in [0.5, 0.6) is 0 Å². The first-order valence-electron chi connectivity index (χ1n) is 4.50. The summed E-state index contributed by atoms with van der Waals surface area (Å²) >= 11 is 5.55. The number of halogens is 2. The minimum atomic E-state index is -0.628. The summed E-state index contributed by atoms with van der Waals surface area (Å²) in [6, 6.07) is 4.16. The van der Waals surface area contributed by atoms with Gasteiger partial charge in [-0.25, -0.2) is 4.39 Å². The Bertz CT molecular complexity index is 368. The molecular formula is C10H12ClFN2O. The Morgan fingerprint density at radius 1 is 1.67 bits per heavy atom. The zero-order chi connectivity index (χ0) is 11.4. The lowest BCUT2D eigenvalue weighted by atomic mass is 10.2. The van der Waals surface area contributed by atoms with Crippen LogP contribution in [0.4, 0.5) is 10.1 Å². The average molecular weight is 231 g/mol. The zero-order valence-electron chi connectivity index (χ0n) is 8.26. The Balaban J connectivity index is 2.73. The highest BCUT2D eigenvalue weighted by Crippen LogP contribution is 2.21. The molecule has 3 N–H and O–H groups in total. The normalized spacial score (nSPS) is 12.3. The van der Waals surface area contributed by atoms with E-state index in [2.05, 4.69) is 5.32 Å². The van der Waals surface area contributed by atoms with Gasteiger partial charge in [0.2, 0.25) is 5.91 Å². The Hall–Kier alpha value is -1.13. The molecule has 1 rings (SSSR count). The van der Waals surface area contributed by atoms with Crippen molar-refractivity contribution in [1.82, 2.24) is 0 Å². The van der Waals surface area contributed by atoms with E-state index in [1.165, 1.54) is 12.1 Å². The van der Waals surface area contributed by atoms with Gasteiger partial charge in [-0.1, -0.05) is 17.7 Å². The molecule has 0 fully saturated rings.